The Balaban J connectivity index is 2.10. The van der Waals surface area contributed by atoms with Crippen LogP contribution in [0.1, 0.15) is 11.1 Å². The first-order valence-electron chi connectivity index (χ1n) is 6.33. The van der Waals surface area contributed by atoms with Crippen LogP contribution in [0.25, 0.3) is 0 Å². The fourth-order valence-corrected chi connectivity index (χ4v) is 2.78. The number of nitrogens with two attached hydrogens (primary N) is 1. The maximum absolute atomic E-state index is 13.2. The fourth-order valence-electron chi connectivity index (χ4n) is 2.09. The molecule has 1 atom stereocenters. The third-order valence-corrected chi connectivity index (χ3v) is 4.06. The van der Waals surface area contributed by atoms with Gasteiger partial charge in [-0.05, 0) is 48.2 Å². The van der Waals surface area contributed by atoms with Crippen molar-refractivity contribution >= 4 is 34.8 Å². The van der Waals surface area contributed by atoms with Gasteiger partial charge in [-0.1, -0.05) is 46.9 Å². The third-order valence-electron chi connectivity index (χ3n) is 3.18. The predicted molar refractivity (Wildman–Crippen MR) is 86.4 cm³/mol. The average Bonchev–Trinajstić information content (AvgIpc) is 2.44. The molecule has 0 fully saturated rings. The second-order valence-electron chi connectivity index (χ2n) is 4.76. The molecular weight excluding hydrogens is 334 g/mol. The van der Waals surface area contributed by atoms with Gasteiger partial charge >= 0.3 is 0 Å². The molecule has 0 aliphatic rings. The van der Waals surface area contributed by atoms with Crippen molar-refractivity contribution in [2.75, 3.05) is 0 Å². The molecule has 21 heavy (non-hydrogen) atoms. The Kier molecular flexibility index (Phi) is 5.85. The number of hydrogen-bond donors (Lipinski definition) is 2. The SMILES string of the molecule is NNC(Cc1ccc(F)c(Cl)c1)Cc1ccc(Cl)cc1Cl. The summed E-state index contributed by atoms with van der Waals surface area (Å²) in [6.07, 6.45) is 1.23. The average molecular weight is 348 g/mol. The zero-order valence-electron chi connectivity index (χ0n) is 11.0. The summed E-state index contributed by atoms with van der Waals surface area (Å²) in [5.74, 6) is 5.16. The predicted octanol–water partition coefficient (Wildman–Crippen LogP) is 4.40. The molecule has 6 heteroatoms. The number of hydrazine groups is 1. The molecule has 2 aromatic rings. The van der Waals surface area contributed by atoms with E-state index < -0.39 is 5.82 Å². The fraction of sp³-hybridized carbons (Fsp3) is 0.200. The van der Waals surface area contributed by atoms with E-state index in [1.807, 2.05) is 6.07 Å². The highest BCUT2D eigenvalue weighted by molar-refractivity contribution is 6.35. The van der Waals surface area contributed by atoms with E-state index in [1.54, 1.807) is 24.3 Å². The van der Waals surface area contributed by atoms with Crippen molar-refractivity contribution in [1.29, 1.82) is 0 Å². The minimum absolute atomic E-state index is 0.0507. The van der Waals surface area contributed by atoms with Gasteiger partial charge in [-0.15, -0.1) is 0 Å². The summed E-state index contributed by atoms with van der Waals surface area (Å²) in [7, 11) is 0. The van der Waals surface area contributed by atoms with E-state index in [-0.39, 0.29) is 11.1 Å². The van der Waals surface area contributed by atoms with Crippen LogP contribution in [0.5, 0.6) is 0 Å². The Morgan fingerprint density at radius 3 is 2.38 bits per heavy atom. The molecule has 0 spiro atoms. The summed E-state index contributed by atoms with van der Waals surface area (Å²) in [6, 6.07) is 9.93. The molecule has 0 saturated carbocycles. The van der Waals surface area contributed by atoms with Gasteiger partial charge in [0.1, 0.15) is 5.82 Å². The second kappa shape index (κ2) is 7.43. The van der Waals surface area contributed by atoms with Crippen molar-refractivity contribution in [2.45, 2.75) is 18.9 Å². The van der Waals surface area contributed by atoms with Crippen molar-refractivity contribution in [3.8, 4) is 0 Å². The van der Waals surface area contributed by atoms with Crippen molar-refractivity contribution in [2.24, 2.45) is 5.84 Å². The number of benzene rings is 2. The molecule has 0 heterocycles. The zero-order valence-corrected chi connectivity index (χ0v) is 13.3. The van der Waals surface area contributed by atoms with Crippen LogP contribution in [0, 0.1) is 5.82 Å². The van der Waals surface area contributed by atoms with E-state index in [0.717, 1.165) is 11.1 Å². The van der Waals surface area contributed by atoms with E-state index in [2.05, 4.69) is 5.43 Å². The van der Waals surface area contributed by atoms with Crippen LogP contribution in [0.2, 0.25) is 15.1 Å². The molecule has 2 rings (SSSR count). The van der Waals surface area contributed by atoms with Gasteiger partial charge in [0.15, 0.2) is 0 Å². The lowest BCUT2D eigenvalue weighted by atomic mass is 9.99. The first kappa shape index (κ1) is 16.5. The Labute approximate surface area is 138 Å². The van der Waals surface area contributed by atoms with Gasteiger partial charge in [0.2, 0.25) is 0 Å². The minimum Gasteiger partial charge on any atom is -0.271 e. The van der Waals surface area contributed by atoms with Crippen molar-refractivity contribution in [3.05, 3.63) is 68.4 Å². The van der Waals surface area contributed by atoms with E-state index >= 15 is 0 Å². The van der Waals surface area contributed by atoms with Gasteiger partial charge in [-0.2, -0.15) is 0 Å². The van der Waals surface area contributed by atoms with Crippen LogP contribution in [0.4, 0.5) is 4.39 Å². The third kappa shape index (κ3) is 4.56. The molecule has 2 aromatic carbocycles. The smallest absolute Gasteiger partial charge is 0.141 e. The summed E-state index contributed by atoms with van der Waals surface area (Å²) < 4.78 is 13.2. The molecule has 0 radical (unpaired) electrons. The Morgan fingerprint density at radius 1 is 1.00 bits per heavy atom. The zero-order chi connectivity index (χ0) is 15.4. The molecule has 0 saturated heterocycles. The van der Waals surface area contributed by atoms with Crippen molar-refractivity contribution in [1.82, 2.24) is 5.43 Å². The van der Waals surface area contributed by atoms with Gasteiger partial charge in [0.25, 0.3) is 0 Å². The topological polar surface area (TPSA) is 38.0 Å². The highest BCUT2D eigenvalue weighted by Gasteiger charge is 2.12. The Bertz CT molecular complexity index is 634. The number of halogens is 4. The molecular formula is C15H14Cl3FN2. The lowest BCUT2D eigenvalue weighted by Crippen LogP contribution is -2.38. The largest absolute Gasteiger partial charge is 0.271 e. The van der Waals surface area contributed by atoms with Crippen molar-refractivity contribution in [3.63, 3.8) is 0 Å². The first-order chi connectivity index (χ1) is 9.99. The number of nitrogens with one attached hydrogen (secondary N) is 1. The Hall–Kier alpha value is -0.840. The summed E-state index contributed by atoms with van der Waals surface area (Å²) in [5, 5.41) is 1.29. The molecule has 0 amide bonds. The maximum atomic E-state index is 13.2. The summed E-state index contributed by atoms with van der Waals surface area (Å²) >= 11 is 17.8. The second-order valence-corrected chi connectivity index (χ2v) is 6.01. The maximum Gasteiger partial charge on any atom is 0.141 e. The lowest BCUT2D eigenvalue weighted by molar-refractivity contribution is 0.522. The van der Waals surface area contributed by atoms with Gasteiger partial charge in [-0.25, -0.2) is 4.39 Å². The summed E-state index contributed by atoms with van der Waals surface area (Å²) in [5.41, 5.74) is 4.59. The molecule has 2 nitrogen and oxygen atoms in total. The van der Waals surface area contributed by atoms with Gasteiger partial charge in [0, 0.05) is 16.1 Å². The van der Waals surface area contributed by atoms with Gasteiger partial charge < -0.3 is 0 Å². The van der Waals surface area contributed by atoms with Crippen LogP contribution in [-0.4, -0.2) is 6.04 Å². The van der Waals surface area contributed by atoms with Gasteiger partial charge in [-0.3, -0.25) is 11.3 Å². The monoisotopic (exact) mass is 346 g/mol. The quantitative estimate of drug-likeness (QED) is 0.621. The van der Waals surface area contributed by atoms with Crippen LogP contribution in [0.3, 0.4) is 0 Å². The van der Waals surface area contributed by atoms with Crippen LogP contribution in [-0.2, 0) is 12.8 Å². The molecule has 1 unspecified atom stereocenters. The van der Waals surface area contributed by atoms with Gasteiger partial charge in [0.05, 0.1) is 5.02 Å². The minimum atomic E-state index is -0.432. The number of rotatable bonds is 5. The first-order valence-corrected chi connectivity index (χ1v) is 7.47. The molecule has 0 bridgehead atoms. The highest BCUT2D eigenvalue weighted by atomic mass is 35.5. The molecule has 0 aliphatic heterocycles. The highest BCUT2D eigenvalue weighted by Crippen LogP contribution is 2.23. The van der Waals surface area contributed by atoms with Crippen LogP contribution in [0.15, 0.2) is 36.4 Å². The summed E-state index contributed by atoms with van der Waals surface area (Å²) in [4.78, 5) is 0. The Morgan fingerprint density at radius 2 is 1.76 bits per heavy atom. The van der Waals surface area contributed by atoms with Crippen LogP contribution >= 0.6 is 34.8 Å². The van der Waals surface area contributed by atoms with E-state index in [4.69, 9.17) is 40.6 Å². The molecule has 0 aliphatic carbocycles. The number of hydrogen-bond acceptors (Lipinski definition) is 2. The molecule has 112 valence electrons. The van der Waals surface area contributed by atoms with Crippen molar-refractivity contribution < 1.29 is 4.39 Å². The molecule has 0 aromatic heterocycles. The van der Waals surface area contributed by atoms with E-state index in [9.17, 15) is 4.39 Å². The standard InChI is InChI=1S/C15H14Cl3FN2/c16-11-3-2-10(13(17)8-11)7-12(21-20)5-9-1-4-15(19)14(18)6-9/h1-4,6,8,12,21H,5,7,20H2. The van der Waals surface area contributed by atoms with E-state index in [0.29, 0.717) is 22.9 Å². The van der Waals surface area contributed by atoms with Crippen LogP contribution < -0.4 is 11.3 Å². The normalized spacial score (nSPS) is 12.4. The summed E-state index contributed by atoms with van der Waals surface area (Å²) in [6.45, 7) is 0. The van der Waals surface area contributed by atoms with E-state index in [1.165, 1.54) is 6.07 Å². The lowest BCUT2D eigenvalue weighted by Gasteiger charge is -2.17. The molecule has 3 N–H and O–H groups in total.